The minimum Gasteiger partial charge on any atom is -0.416 e. The van der Waals surface area contributed by atoms with Gasteiger partial charge in [0, 0.05) is 31.7 Å². The van der Waals surface area contributed by atoms with E-state index in [4.69, 9.17) is 4.42 Å². The Hall–Kier alpha value is -3.80. The first-order valence-corrected chi connectivity index (χ1v) is 17.4. The summed E-state index contributed by atoms with van der Waals surface area (Å²) < 4.78 is 36.7. The van der Waals surface area contributed by atoms with Crippen molar-refractivity contribution in [3.8, 4) is 22.9 Å². The number of aromatic nitrogens is 3. The largest absolute Gasteiger partial charge is 0.416 e. The van der Waals surface area contributed by atoms with Crippen LogP contribution < -0.4 is 9.62 Å². The number of carbonyl (C=O) groups is 1. The van der Waals surface area contributed by atoms with Crippen LogP contribution in [0.3, 0.4) is 0 Å². The third-order valence-electron chi connectivity index (χ3n) is 9.89. The number of anilines is 2. The maximum Gasteiger partial charge on any atom is 0.323 e. The topological polar surface area (TPSA) is 125 Å². The van der Waals surface area contributed by atoms with E-state index in [0.29, 0.717) is 36.4 Å². The minimum atomic E-state index is -3.42. The fraction of sp³-hybridized carbons (Fsp3) is 0.531. The van der Waals surface area contributed by atoms with Crippen LogP contribution in [0.1, 0.15) is 58.3 Å². The Labute approximate surface area is 257 Å². The van der Waals surface area contributed by atoms with Crippen molar-refractivity contribution >= 4 is 39.3 Å². The average Bonchev–Trinajstić information content (AvgIpc) is 3.97. The number of sulfonamides is 1. The van der Waals surface area contributed by atoms with Gasteiger partial charge in [-0.1, -0.05) is 6.92 Å². The molecule has 1 saturated heterocycles. The van der Waals surface area contributed by atoms with Gasteiger partial charge >= 0.3 is 5.82 Å². The molecule has 2 saturated carbocycles. The Bertz CT molecular complexity index is 1750. The van der Waals surface area contributed by atoms with E-state index in [1.165, 1.54) is 0 Å². The number of hydrogen-bond acceptors (Lipinski definition) is 8. The summed E-state index contributed by atoms with van der Waals surface area (Å²) in [6, 6.07) is 9.66. The summed E-state index contributed by atoms with van der Waals surface area (Å²) in [5, 5.41) is 8.52. The molecule has 8 bridgehead atoms. The fourth-order valence-corrected chi connectivity index (χ4v) is 8.27. The highest BCUT2D eigenvalue weighted by Crippen LogP contribution is 2.42. The highest BCUT2D eigenvalue weighted by Gasteiger charge is 2.42. The van der Waals surface area contributed by atoms with Gasteiger partial charge in [-0.15, -0.1) is 10.2 Å². The van der Waals surface area contributed by atoms with Crippen molar-refractivity contribution in [1.82, 2.24) is 20.1 Å². The second kappa shape index (κ2) is 10.4. The van der Waals surface area contributed by atoms with Gasteiger partial charge in [-0.2, -0.15) is 0 Å². The van der Waals surface area contributed by atoms with Crippen molar-refractivity contribution in [3.63, 3.8) is 0 Å². The summed E-state index contributed by atoms with van der Waals surface area (Å²) in [5.74, 6) is 1.58. The third kappa shape index (κ3) is 5.27. The van der Waals surface area contributed by atoms with Crippen LogP contribution in [-0.4, -0.2) is 82.7 Å². The van der Waals surface area contributed by atoms with Crippen LogP contribution >= 0.6 is 0 Å². The molecule has 1 aromatic carbocycles. The lowest BCUT2D eigenvalue weighted by Gasteiger charge is -2.44. The molecule has 4 aliphatic heterocycles. The summed E-state index contributed by atoms with van der Waals surface area (Å²) in [6.45, 7) is 5.40. The predicted octanol–water partition coefficient (Wildman–Crippen LogP) is 4.44. The summed E-state index contributed by atoms with van der Waals surface area (Å²) in [6.07, 6.45) is 10.9. The van der Waals surface area contributed by atoms with Gasteiger partial charge in [0.15, 0.2) is 0 Å². The minimum absolute atomic E-state index is 0.0204. The van der Waals surface area contributed by atoms with Gasteiger partial charge in [-0.3, -0.25) is 9.52 Å². The number of amides is 1. The van der Waals surface area contributed by atoms with Gasteiger partial charge in [0.05, 0.1) is 46.4 Å². The molecule has 1 atom stereocenters. The van der Waals surface area contributed by atoms with Crippen LogP contribution in [0.15, 0.2) is 40.9 Å². The molecule has 6 aliphatic rings. The molecule has 3 aromatic rings. The molecule has 11 nitrogen and oxygen atoms in total. The maximum atomic E-state index is 14.1. The molecule has 2 aliphatic carbocycles. The first-order valence-electron chi connectivity index (χ1n) is 15.9. The zero-order valence-corrected chi connectivity index (χ0v) is 25.8. The van der Waals surface area contributed by atoms with Gasteiger partial charge in [0.1, 0.15) is 6.20 Å². The second-order valence-electron chi connectivity index (χ2n) is 13.5. The molecule has 44 heavy (non-hydrogen) atoms. The molecule has 1 amide bonds. The lowest BCUT2D eigenvalue weighted by atomic mass is 9.79. The van der Waals surface area contributed by atoms with Crippen LogP contribution in [0.5, 0.6) is 0 Å². The number of fused-ring (bicyclic) bond motifs is 4. The number of nitrogens with zero attached hydrogens (tertiary/aromatic N) is 6. The van der Waals surface area contributed by atoms with Gasteiger partial charge in [-0.25, -0.2) is 13.0 Å². The molecule has 12 heteroatoms. The van der Waals surface area contributed by atoms with Crippen molar-refractivity contribution in [1.29, 1.82) is 0 Å². The van der Waals surface area contributed by atoms with E-state index >= 15 is 0 Å². The quantitative estimate of drug-likeness (QED) is 0.427. The summed E-state index contributed by atoms with van der Waals surface area (Å²) >= 11 is 0. The van der Waals surface area contributed by atoms with Crippen LogP contribution in [-0.2, 0) is 14.8 Å². The number of nitrogens with one attached hydrogen (secondary N) is 1. The number of benzene rings is 1. The molecule has 230 valence electrons. The highest BCUT2D eigenvalue weighted by atomic mass is 32.2. The first kappa shape index (κ1) is 27.7. The molecule has 6 heterocycles. The van der Waals surface area contributed by atoms with Crippen molar-refractivity contribution in [3.05, 3.63) is 36.5 Å². The van der Waals surface area contributed by atoms with Crippen molar-refractivity contribution in [2.24, 2.45) is 11.3 Å². The van der Waals surface area contributed by atoms with Crippen molar-refractivity contribution in [2.45, 2.75) is 69.6 Å². The zero-order valence-electron chi connectivity index (χ0n) is 25.0. The van der Waals surface area contributed by atoms with Crippen molar-refractivity contribution in [2.75, 3.05) is 35.8 Å². The van der Waals surface area contributed by atoms with Gasteiger partial charge in [0.2, 0.25) is 27.7 Å². The van der Waals surface area contributed by atoms with E-state index in [1.807, 2.05) is 24.3 Å². The monoisotopic (exact) mass is 616 g/mol. The van der Waals surface area contributed by atoms with E-state index in [2.05, 4.69) is 47.4 Å². The number of carbonyl (C=O) groups excluding carboxylic acids is 1. The Morgan fingerprint density at radius 1 is 1.02 bits per heavy atom. The molecule has 3 fully saturated rings. The van der Waals surface area contributed by atoms with Crippen LogP contribution in [0.2, 0.25) is 0 Å². The van der Waals surface area contributed by atoms with Gasteiger partial charge in [0.25, 0.3) is 0 Å². The SMILES string of the molecule is CC12CCN(CC1)c1cc(NS(=O)(=O)C3CC3)ccc1-c1nnc(o1)-c1ccnc(c1)[N+]1=CC(CCC1)C(=O)N(C1CC1)C2. The standard InChI is InChI=1S/C32H38N7O4S/c1-32-11-15-37(16-12-32)27-18-23(36-44(41,42)25-7-8-25)4-9-26(27)30-35-34-29(43-30)21-10-13-33-28(17-21)38-14-2-3-22(19-38)31(40)39(20-32)24-5-6-24/h4,9-10,13,17-19,22,24-25,36H,2-3,5-8,11-12,14-16,20H2,1H3/q+1. The molecule has 0 spiro atoms. The Balaban J connectivity index is 1.22. The van der Waals surface area contributed by atoms with E-state index in [-0.39, 0.29) is 22.5 Å². The number of rotatable bonds is 4. The summed E-state index contributed by atoms with van der Waals surface area (Å²) in [5.41, 5.74) is 2.89. The lowest BCUT2D eigenvalue weighted by Crippen LogP contribution is -2.49. The molecule has 1 unspecified atom stereocenters. The molecule has 1 N–H and O–H groups in total. The summed E-state index contributed by atoms with van der Waals surface area (Å²) in [4.78, 5) is 23.2. The fourth-order valence-electron chi connectivity index (χ4n) is 6.89. The van der Waals surface area contributed by atoms with Crippen LogP contribution in [0.4, 0.5) is 17.2 Å². The van der Waals surface area contributed by atoms with E-state index in [0.717, 1.165) is 87.3 Å². The smallest absolute Gasteiger partial charge is 0.323 e. The van der Waals surface area contributed by atoms with E-state index in [1.54, 1.807) is 12.3 Å². The van der Waals surface area contributed by atoms with E-state index < -0.39 is 10.0 Å². The number of hydrogen-bond donors (Lipinski definition) is 1. The van der Waals surface area contributed by atoms with Gasteiger partial charge in [-0.05, 0) is 86.0 Å². The highest BCUT2D eigenvalue weighted by molar-refractivity contribution is 7.93. The van der Waals surface area contributed by atoms with Crippen LogP contribution in [0.25, 0.3) is 22.9 Å². The molecule has 2 aromatic heterocycles. The second-order valence-corrected chi connectivity index (χ2v) is 15.4. The third-order valence-corrected chi connectivity index (χ3v) is 11.8. The van der Waals surface area contributed by atoms with Crippen molar-refractivity contribution < 1.29 is 22.2 Å². The predicted molar refractivity (Wildman–Crippen MR) is 166 cm³/mol. The van der Waals surface area contributed by atoms with Crippen LogP contribution in [0, 0.1) is 11.3 Å². The Morgan fingerprint density at radius 2 is 1.82 bits per heavy atom. The van der Waals surface area contributed by atoms with Gasteiger partial charge < -0.3 is 14.2 Å². The number of piperidine rings is 1. The zero-order chi connectivity index (χ0) is 30.1. The average molecular weight is 617 g/mol. The normalized spacial score (nSPS) is 25.6. The Kier molecular flexibility index (Phi) is 6.55. The number of pyridine rings is 1. The molecule has 9 rings (SSSR count). The molecular weight excluding hydrogens is 578 g/mol. The summed E-state index contributed by atoms with van der Waals surface area (Å²) in [7, 11) is -3.42. The first-order chi connectivity index (χ1) is 21.2. The lowest BCUT2D eigenvalue weighted by molar-refractivity contribution is -0.447. The Morgan fingerprint density at radius 3 is 2.59 bits per heavy atom. The maximum absolute atomic E-state index is 14.1. The molecule has 0 radical (unpaired) electrons. The van der Waals surface area contributed by atoms with E-state index in [9.17, 15) is 13.2 Å². The molecular formula is C32H38N7O4S+.